The van der Waals surface area contributed by atoms with Crippen LogP contribution in [-0.2, 0) is 4.79 Å². The Morgan fingerprint density at radius 2 is 2.20 bits per heavy atom. The Kier molecular flexibility index (Phi) is 4.74. The second-order valence-electron chi connectivity index (χ2n) is 5.47. The Morgan fingerprint density at radius 3 is 2.95 bits per heavy atom. The lowest BCUT2D eigenvalue weighted by Gasteiger charge is -2.13. The minimum Gasteiger partial charge on any atom is -0.328 e. The van der Waals surface area contributed by atoms with Gasteiger partial charge in [0.15, 0.2) is 0 Å². The van der Waals surface area contributed by atoms with Crippen LogP contribution in [-0.4, -0.2) is 22.1 Å². The van der Waals surface area contributed by atoms with Gasteiger partial charge in [0, 0.05) is 23.0 Å². The fraction of sp³-hybridized carbons (Fsp3) is 0.467. The highest BCUT2D eigenvalue weighted by Gasteiger charge is 2.13. The molecule has 1 aromatic carbocycles. The first-order valence-corrected chi connectivity index (χ1v) is 7.06. The molecule has 1 amide bonds. The topological polar surface area (TPSA) is 83.8 Å². The van der Waals surface area contributed by atoms with Crippen LogP contribution in [0.1, 0.15) is 33.1 Å². The van der Waals surface area contributed by atoms with Crippen LogP contribution in [0.15, 0.2) is 24.4 Å². The Bertz CT molecular complexity index is 576. The van der Waals surface area contributed by atoms with Gasteiger partial charge in [0.25, 0.3) is 0 Å². The van der Waals surface area contributed by atoms with Gasteiger partial charge in [-0.1, -0.05) is 13.3 Å². The average Bonchev–Trinajstić information content (AvgIpc) is 2.85. The average molecular weight is 274 g/mol. The summed E-state index contributed by atoms with van der Waals surface area (Å²) in [6, 6.07) is 5.93. The van der Waals surface area contributed by atoms with Crippen molar-refractivity contribution in [2.75, 3.05) is 5.32 Å². The summed E-state index contributed by atoms with van der Waals surface area (Å²) in [4.78, 5) is 12.1. The van der Waals surface area contributed by atoms with Crippen LogP contribution in [0.2, 0.25) is 0 Å². The van der Waals surface area contributed by atoms with Gasteiger partial charge in [-0.05, 0) is 38.0 Å². The van der Waals surface area contributed by atoms with E-state index >= 15 is 0 Å². The summed E-state index contributed by atoms with van der Waals surface area (Å²) in [6.07, 6.45) is 4.56. The third-order valence-electron chi connectivity index (χ3n) is 3.45. The van der Waals surface area contributed by atoms with Gasteiger partial charge in [-0.3, -0.25) is 9.89 Å². The first-order chi connectivity index (χ1) is 9.56. The summed E-state index contributed by atoms with van der Waals surface area (Å²) in [5.74, 6) is 0.0414. The van der Waals surface area contributed by atoms with Crippen molar-refractivity contribution < 1.29 is 4.79 Å². The molecule has 2 aromatic rings. The first-order valence-electron chi connectivity index (χ1n) is 7.06. The van der Waals surface area contributed by atoms with Gasteiger partial charge in [-0.2, -0.15) is 5.10 Å². The molecule has 108 valence electrons. The van der Waals surface area contributed by atoms with Crippen molar-refractivity contribution in [3.8, 4) is 0 Å². The van der Waals surface area contributed by atoms with Crippen molar-refractivity contribution in [2.45, 2.75) is 39.2 Å². The maximum Gasteiger partial charge on any atom is 0.227 e. The van der Waals surface area contributed by atoms with Crippen molar-refractivity contribution in [3.05, 3.63) is 24.4 Å². The number of hydrogen-bond donors (Lipinski definition) is 3. The number of anilines is 1. The Morgan fingerprint density at radius 1 is 1.40 bits per heavy atom. The number of nitrogens with two attached hydrogens (primary N) is 1. The summed E-state index contributed by atoms with van der Waals surface area (Å²) in [7, 11) is 0. The van der Waals surface area contributed by atoms with Crippen LogP contribution in [0, 0.1) is 5.92 Å². The molecule has 1 heterocycles. The quantitative estimate of drug-likeness (QED) is 0.757. The van der Waals surface area contributed by atoms with Crippen molar-refractivity contribution in [3.63, 3.8) is 0 Å². The second-order valence-corrected chi connectivity index (χ2v) is 5.47. The Labute approximate surface area is 118 Å². The zero-order valence-electron chi connectivity index (χ0n) is 12.0. The van der Waals surface area contributed by atoms with Crippen LogP contribution in [0.4, 0.5) is 5.69 Å². The molecule has 0 saturated heterocycles. The molecule has 0 aliphatic rings. The summed E-state index contributed by atoms with van der Waals surface area (Å²) in [6.45, 7) is 3.94. The number of rotatable bonds is 6. The lowest BCUT2D eigenvalue weighted by molar-refractivity contribution is -0.119. The zero-order valence-corrected chi connectivity index (χ0v) is 12.0. The highest BCUT2D eigenvalue weighted by Crippen LogP contribution is 2.18. The van der Waals surface area contributed by atoms with Crippen LogP contribution < -0.4 is 11.1 Å². The van der Waals surface area contributed by atoms with Crippen molar-refractivity contribution in [1.29, 1.82) is 0 Å². The molecule has 0 radical (unpaired) electrons. The van der Waals surface area contributed by atoms with Crippen LogP contribution in [0.3, 0.4) is 0 Å². The first kappa shape index (κ1) is 14.5. The van der Waals surface area contributed by atoms with Crippen molar-refractivity contribution in [1.82, 2.24) is 10.2 Å². The van der Waals surface area contributed by atoms with E-state index in [1.165, 1.54) is 0 Å². The van der Waals surface area contributed by atoms with E-state index in [2.05, 4.69) is 15.5 Å². The van der Waals surface area contributed by atoms with Gasteiger partial charge in [-0.15, -0.1) is 0 Å². The van der Waals surface area contributed by atoms with E-state index in [-0.39, 0.29) is 17.9 Å². The summed E-state index contributed by atoms with van der Waals surface area (Å²) >= 11 is 0. The molecule has 0 fully saturated rings. The van der Waals surface area contributed by atoms with Crippen LogP contribution in [0.5, 0.6) is 0 Å². The van der Waals surface area contributed by atoms with E-state index in [4.69, 9.17) is 5.73 Å². The van der Waals surface area contributed by atoms with Gasteiger partial charge in [0.05, 0.1) is 11.7 Å². The maximum absolute atomic E-state index is 12.1. The molecule has 2 unspecified atom stereocenters. The van der Waals surface area contributed by atoms with Crippen molar-refractivity contribution >= 4 is 22.5 Å². The number of hydrogen-bond acceptors (Lipinski definition) is 3. The smallest absolute Gasteiger partial charge is 0.227 e. The fourth-order valence-electron chi connectivity index (χ4n) is 2.16. The lowest BCUT2D eigenvalue weighted by atomic mass is 10.0. The molecule has 0 saturated carbocycles. The minimum absolute atomic E-state index is 0.00814. The van der Waals surface area contributed by atoms with Gasteiger partial charge in [0.1, 0.15) is 0 Å². The standard InChI is InChI=1S/C15H22N4O/c1-10(4-3-5-11(2)16)15(20)18-13-7-6-12-9-17-19-14(12)8-13/h6-11H,3-5,16H2,1-2H3,(H,17,19)(H,18,20). The summed E-state index contributed by atoms with van der Waals surface area (Å²) < 4.78 is 0. The summed E-state index contributed by atoms with van der Waals surface area (Å²) in [5.41, 5.74) is 7.43. The SMILES string of the molecule is CC(N)CCCC(C)C(=O)Nc1ccc2cn[nH]c2c1. The molecule has 0 bridgehead atoms. The molecule has 4 N–H and O–H groups in total. The van der Waals surface area contributed by atoms with Crippen LogP contribution in [0.25, 0.3) is 10.9 Å². The number of nitrogens with one attached hydrogen (secondary N) is 2. The highest BCUT2D eigenvalue weighted by molar-refractivity contribution is 5.94. The van der Waals surface area contributed by atoms with Crippen LogP contribution >= 0.6 is 0 Å². The van der Waals surface area contributed by atoms with Gasteiger partial charge in [-0.25, -0.2) is 0 Å². The van der Waals surface area contributed by atoms with Gasteiger partial charge in [0.2, 0.25) is 5.91 Å². The van der Waals surface area contributed by atoms with Gasteiger partial charge >= 0.3 is 0 Å². The molecule has 5 heteroatoms. The normalized spacial score (nSPS) is 14.2. The number of aromatic nitrogens is 2. The Hall–Kier alpha value is -1.88. The highest BCUT2D eigenvalue weighted by atomic mass is 16.1. The third-order valence-corrected chi connectivity index (χ3v) is 3.45. The number of amides is 1. The fourth-order valence-corrected chi connectivity index (χ4v) is 2.16. The van der Waals surface area contributed by atoms with E-state index in [9.17, 15) is 4.79 Å². The second kappa shape index (κ2) is 6.52. The maximum atomic E-state index is 12.1. The summed E-state index contributed by atoms with van der Waals surface area (Å²) in [5, 5.41) is 10.8. The molecule has 2 rings (SSSR count). The minimum atomic E-state index is -0.00814. The lowest BCUT2D eigenvalue weighted by Crippen LogP contribution is -2.21. The molecule has 1 aromatic heterocycles. The number of carbonyl (C=O) groups is 1. The molecular formula is C15H22N4O. The molecular weight excluding hydrogens is 252 g/mol. The largest absolute Gasteiger partial charge is 0.328 e. The van der Waals surface area contributed by atoms with E-state index in [1.807, 2.05) is 32.0 Å². The predicted molar refractivity (Wildman–Crippen MR) is 81.4 cm³/mol. The van der Waals surface area contributed by atoms with E-state index in [0.717, 1.165) is 35.9 Å². The number of fused-ring (bicyclic) bond motifs is 1. The Balaban J connectivity index is 1.89. The van der Waals surface area contributed by atoms with Crippen molar-refractivity contribution in [2.24, 2.45) is 11.7 Å². The number of carbonyl (C=O) groups excluding carboxylic acids is 1. The zero-order chi connectivity index (χ0) is 14.5. The third kappa shape index (κ3) is 3.81. The van der Waals surface area contributed by atoms with E-state index < -0.39 is 0 Å². The van der Waals surface area contributed by atoms with Gasteiger partial charge < -0.3 is 11.1 Å². The molecule has 5 nitrogen and oxygen atoms in total. The monoisotopic (exact) mass is 274 g/mol. The number of benzene rings is 1. The van der Waals surface area contributed by atoms with E-state index in [1.54, 1.807) is 6.20 Å². The molecule has 0 aliphatic heterocycles. The molecule has 0 spiro atoms. The van der Waals surface area contributed by atoms with E-state index in [0.29, 0.717) is 0 Å². The molecule has 20 heavy (non-hydrogen) atoms. The molecule has 2 atom stereocenters. The number of H-pyrrole nitrogens is 1. The number of aromatic amines is 1. The number of nitrogens with zero attached hydrogens (tertiary/aromatic N) is 1. The molecule has 0 aliphatic carbocycles. The predicted octanol–water partition coefficient (Wildman–Crippen LogP) is 2.66.